The molecule has 0 saturated heterocycles. The van der Waals surface area contributed by atoms with Crippen molar-refractivity contribution in [3.8, 4) is 0 Å². The Morgan fingerprint density at radius 1 is 0.465 bits per heavy atom. The van der Waals surface area contributed by atoms with Gasteiger partial charge in [-0.1, -0.05) is 38.5 Å². The van der Waals surface area contributed by atoms with Crippen LogP contribution in [0.4, 0.5) is 0 Å². The second-order valence-corrected chi connectivity index (χ2v) is 16.0. The van der Waals surface area contributed by atoms with E-state index in [1.54, 1.807) is 0 Å². The molecule has 246 valence electrons. The average molecular weight is 599 g/mol. The number of hydrogen-bond acceptors (Lipinski definition) is 5. The molecule has 0 atom stereocenters. The van der Waals surface area contributed by atoms with Crippen LogP contribution in [0, 0.1) is 11.8 Å². The van der Waals surface area contributed by atoms with Crippen LogP contribution in [0.5, 0.6) is 0 Å². The molecule has 5 heteroatoms. The Morgan fingerprint density at radius 2 is 0.814 bits per heavy atom. The van der Waals surface area contributed by atoms with E-state index < -0.39 is 0 Å². The van der Waals surface area contributed by atoms with Crippen LogP contribution in [0.2, 0.25) is 0 Å². The molecule has 0 aromatic heterocycles. The number of carbonyl (C=O) groups excluding carboxylic acids is 1. The lowest BCUT2D eigenvalue weighted by Gasteiger charge is -2.49. The van der Waals surface area contributed by atoms with Gasteiger partial charge in [0.05, 0.1) is 12.2 Å². The van der Waals surface area contributed by atoms with Crippen LogP contribution in [0.15, 0.2) is 0 Å². The van der Waals surface area contributed by atoms with Crippen LogP contribution in [0.25, 0.3) is 0 Å². The third kappa shape index (κ3) is 8.46. The zero-order valence-electron chi connectivity index (χ0n) is 27.6. The molecule has 0 spiro atoms. The van der Waals surface area contributed by atoms with Gasteiger partial charge in [-0.05, 0) is 134 Å². The predicted octanol–water partition coefficient (Wildman–Crippen LogP) is 8.20. The number of rotatable bonds is 10. The standard InChI is InChI=1S/C38H66N2O3/c41-27-29-11-15-33(16-12-29)39(31-7-3-1-4-8-31)35-19-23-37(24-20-35)43-38-25-21-36(22-26-38)40(32-9-5-2-6-10-32)34-17-13-30(28-42)14-18-34/h27,29-38,42H,1-26,28H2. The number of aldehydes is 1. The van der Waals surface area contributed by atoms with Gasteiger partial charge in [0, 0.05) is 48.8 Å². The Balaban J connectivity index is 0.988. The van der Waals surface area contributed by atoms with E-state index in [1.807, 2.05) is 0 Å². The molecule has 43 heavy (non-hydrogen) atoms. The maximum atomic E-state index is 11.4. The van der Waals surface area contributed by atoms with Crippen molar-refractivity contribution in [3.05, 3.63) is 0 Å². The topological polar surface area (TPSA) is 53.0 Å². The summed E-state index contributed by atoms with van der Waals surface area (Å²) in [6, 6.07) is 4.55. The van der Waals surface area contributed by atoms with Crippen LogP contribution in [0.3, 0.4) is 0 Å². The summed E-state index contributed by atoms with van der Waals surface area (Å²) in [4.78, 5) is 17.5. The highest BCUT2D eigenvalue weighted by Crippen LogP contribution is 2.40. The molecule has 6 saturated carbocycles. The second kappa shape index (κ2) is 16.4. The first kappa shape index (κ1) is 32.5. The molecule has 0 heterocycles. The van der Waals surface area contributed by atoms with E-state index in [2.05, 4.69) is 9.80 Å². The molecule has 6 aliphatic carbocycles. The summed E-state index contributed by atoms with van der Waals surface area (Å²) in [7, 11) is 0. The Bertz CT molecular complexity index is 794. The molecule has 6 fully saturated rings. The smallest absolute Gasteiger partial charge is 0.123 e. The normalized spacial score (nSPS) is 39.2. The molecule has 0 bridgehead atoms. The third-order valence-electron chi connectivity index (χ3n) is 13.4. The van der Waals surface area contributed by atoms with E-state index in [4.69, 9.17) is 4.74 Å². The zero-order valence-corrected chi connectivity index (χ0v) is 27.6. The minimum Gasteiger partial charge on any atom is -0.396 e. The van der Waals surface area contributed by atoms with Gasteiger partial charge < -0.3 is 14.6 Å². The van der Waals surface area contributed by atoms with Crippen molar-refractivity contribution >= 4 is 6.29 Å². The van der Waals surface area contributed by atoms with Gasteiger partial charge in [0.15, 0.2) is 0 Å². The monoisotopic (exact) mass is 599 g/mol. The highest BCUT2D eigenvalue weighted by molar-refractivity contribution is 5.53. The quantitative estimate of drug-likeness (QED) is 0.257. The van der Waals surface area contributed by atoms with Gasteiger partial charge in [-0.3, -0.25) is 9.80 Å². The van der Waals surface area contributed by atoms with Crippen molar-refractivity contribution in [2.45, 2.75) is 215 Å². The van der Waals surface area contributed by atoms with Gasteiger partial charge in [-0.15, -0.1) is 0 Å². The van der Waals surface area contributed by atoms with Gasteiger partial charge in [0.2, 0.25) is 0 Å². The van der Waals surface area contributed by atoms with Crippen molar-refractivity contribution in [1.29, 1.82) is 0 Å². The SMILES string of the molecule is O=CC1CCC(N(C2CCCCC2)C2CCC(OC3CCC(N(C4CCCCC4)C4CCC(CO)CC4)CC3)CC2)CC1. The van der Waals surface area contributed by atoms with Crippen LogP contribution in [0.1, 0.15) is 167 Å². The highest BCUT2D eigenvalue weighted by atomic mass is 16.5. The summed E-state index contributed by atoms with van der Waals surface area (Å²) >= 11 is 0. The lowest BCUT2D eigenvalue weighted by Crippen LogP contribution is -2.53. The molecule has 0 aliphatic heterocycles. The summed E-state index contributed by atoms with van der Waals surface area (Å²) in [6.45, 7) is 0.390. The molecule has 5 nitrogen and oxygen atoms in total. The van der Waals surface area contributed by atoms with Gasteiger partial charge in [0.1, 0.15) is 6.29 Å². The van der Waals surface area contributed by atoms with Crippen molar-refractivity contribution in [3.63, 3.8) is 0 Å². The van der Waals surface area contributed by atoms with Gasteiger partial charge in [-0.2, -0.15) is 0 Å². The first-order valence-electron chi connectivity index (χ1n) is 19.5. The van der Waals surface area contributed by atoms with Crippen molar-refractivity contribution < 1.29 is 14.6 Å². The molecular formula is C38H66N2O3. The lowest BCUT2D eigenvalue weighted by molar-refractivity contribution is -0.112. The Morgan fingerprint density at radius 3 is 1.19 bits per heavy atom. The van der Waals surface area contributed by atoms with Crippen molar-refractivity contribution in [1.82, 2.24) is 9.80 Å². The second-order valence-electron chi connectivity index (χ2n) is 16.0. The van der Waals surface area contributed by atoms with E-state index in [-0.39, 0.29) is 0 Å². The van der Waals surface area contributed by atoms with E-state index in [0.29, 0.717) is 36.7 Å². The fourth-order valence-electron chi connectivity index (χ4n) is 10.9. The summed E-state index contributed by atoms with van der Waals surface area (Å²) < 4.78 is 6.92. The number of nitrogens with zero attached hydrogens (tertiary/aromatic N) is 2. The maximum Gasteiger partial charge on any atom is 0.123 e. The average Bonchev–Trinajstić information content (AvgIpc) is 3.08. The molecular weight excluding hydrogens is 532 g/mol. The summed E-state index contributed by atoms with van der Waals surface area (Å²) in [5, 5.41) is 9.71. The molecule has 0 radical (unpaired) electrons. The largest absolute Gasteiger partial charge is 0.396 e. The van der Waals surface area contributed by atoms with Crippen molar-refractivity contribution in [2.24, 2.45) is 11.8 Å². The summed E-state index contributed by atoms with van der Waals surface area (Å²) in [5.74, 6) is 0.871. The van der Waals surface area contributed by atoms with Crippen LogP contribution >= 0.6 is 0 Å². The van der Waals surface area contributed by atoms with E-state index in [1.165, 1.54) is 160 Å². The third-order valence-corrected chi connectivity index (χ3v) is 13.4. The number of aliphatic hydroxyl groups excluding tert-OH is 1. The number of hydrogen-bond donors (Lipinski definition) is 1. The fourth-order valence-corrected chi connectivity index (χ4v) is 10.9. The van der Waals surface area contributed by atoms with E-state index in [0.717, 1.165) is 43.1 Å². The number of aliphatic hydroxyl groups is 1. The molecule has 0 unspecified atom stereocenters. The highest BCUT2D eigenvalue weighted by Gasteiger charge is 2.40. The lowest BCUT2D eigenvalue weighted by atomic mass is 9.80. The first-order chi connectivity index (χ1) is 21.2. The van der Waals surface area contributed by atoms with Gasteiger partial charge in [-0.25, -0.2) is 0 Å². The zero-order chi connectivity index (χ0) is 29.4. The molecule has 6 rings (SSSR count). The van der Waals surface area contributed by atoms with Crippen molar-refractivity contribution in [2.75, 3.05) is 6.61 Å². The fraction of sp³-hybridized carbons (Fsp3) is 0.974. The number of carbonyl (C=O) groups is 1. The van der Waals surface area contributed by atoms with Crippen LogP contribution in [-0.2, 0) is 9.53 Å². The van der Waals surface area contributed by atoms with Gasteiger partial charge in [0.25, 0.3) is 0 Å². The first-order valence-corrected chi connectivity index (χ1v) is 19.5. The maximum absolute atomic E-state index is 11.4. The Kier molecular flexibility index (Phi) is 12.4. The van der Waals surface area contributed by atoms with Crippen LogP contribution < -0.4 is 0 Å². The molecule has 6 aliphatic rings. The summed E-state index contributed by atoms with van der Waals surface area (Å²) in [5.41, 5.74) is 0. The minimum atomic E-state index is 0.319. The Hall–Kier alpha value is -0.490. The molecule has 0 aromatic carbocycles. The molecule has 1 N–H and O–H groups in total. The van der Waals surface area contributed by atoms with Gasteiger partial charge >= 0.3 is 0 Å². The van der Waals surface area contributed by atoms with E-state index in [9.17, 15) is 9.90 Å². The van der Waals surface area contributed by atoms with E-state index >= 15 is 0 Å². The molecule has 0 aromatic rings. The summed E-state index contributed by atoms with van der Waals surface area (Å²) in [6.07, 6.45) is 36.4. The molecule has 0 amide bonds. The Labute approximate surface area is 264 Å². The van der Waals surface area contributed by atoms with Crippen LogP contribution in [-0.4, -0.2) is 76.3 Å². The number of ether oxygens (including phenoxy) is 1. The minimum absolute atomic E-state index is 0.319. The predicted molar refractivity (Wildman–Crippen MR) is 175 cm³/mol.